The van der Waals surface area contributed by atoms with Gasteiger partial charge in [0.2, 0.25) is 0 Å². The zero-order valence-electron chi connectivity index (χ0n) is 38.2. The Morgan fingerprint density at radius 2 is 0.586 bits per heavy atom. The highest BCUT2D eigenvalue weighted by atomic mass is 16.3. The molecule has 0 N–H and O–H groups in total. The quantitative estimate of drug-likeness (QED) is 0.128. The predicted octanol–water partition coefficient (Wildman–Crippen LogP) is 18.8. The SMILES string of the molecule is c1ccc(-c2ccc(C(c3ccc(-c4cccc(-c5ccc(N(c6ccc(-c7ccccc7)cc6)c6ccc7oc8ccccc8c7c6)cc5)c4)cc3)c3ccc4oc5ccccc5c4c3)cc2)cc1. The molecule has 330 valence electrons. The lowest BCUT2D eigenvalue weighted by Crippen LogP contribution is -2.09. The molecule has 0 amide bonds. The summed E-state index contributed by atoms with van der Waals surface area (Å²) in [6.07, 6.45) is 0. The van der Waals surface area contributed by atoms with Crippen LogP contribution in [-0.2, 0) is 0 Å². The Labute approximate surface area is 406 Å². The van der Waals surface area contributed by atoms with Gasteiger partial charge in [-0.3, -0.25) is 0 Å². The minimum absolute atomic E-state index is 0.0177. The lowest BCUT2D eigenvalue weighted by molar-refractivity contribution is 0.668. The molecule has 0 saturated heterocycles. The largest absolute Gasteiger partial charge is 0.456 e. The zero-order chi connectivity index (χ0) is 46.4. The van der Waals surface area contributed by atoms with Crippen LogP contribution in [0.15, 0.2) is 276 Å². The molecule has 11 aromatic carbocycles. The molecule has 0 aliphatic rings. The predicted molar refractivity (Wildman–Crippen MR) is 291 cm³/mol. The topological polar surface area (TPSA) is 29.5 Å². The van der Waals surface area contributed by atoms with Crippen molar-refractivity contribution >= 4 is 60.9 Å². The molecule has 1 atom stereocenters. The van der Waals surface area contributed by atoms with Crippen molar-refractivity contribution < 1.29 is 8.83 Å². The molecule has 13 aromatic rings. The summed E-state index contributed by atoms with van der Waals surface area (Å²) in [5.41, 5.74) is 19.9. The third-order valence-electron chi connectivity index (χ3n) is 13.8. The molecular formula is C67H45NO2. The summed E-state index contributed by atoms with van der Waals surface area (Å²) in [6.45, 7) is 0. The second-order valence-corrected chi connectivity index (χ2v) is 18.1. The third-order valence-corrected chi connectivity index (χ3v) is 13.8. The van der Waals surface area contributed by atoms with Crippen LogP contribution < -0.4 is 4.90 Å². The number of fused-ring (bicyclic) bond motifs is 6. The zero-order valence-corrected chi connectivity index (χ0v) is 38.2. The molecule has 0 spiro atoms. The van der Waals surface area contributed by atoms with Gasteiger partial charge < -0.3 is 13.7 Å². The first-order chi connectivity index (χ1) is 34.7. The second kappa shape index (κ2) is 17.5. The van der Waals surface area contributed by atoms with Crippen LogP contribution in [0.1, 0.15) is 22.6 Å². The van der Waals surface area contributed by atoms with Gasteiger partial charge in [0.1, 0.15) is 22.3 Å². The number of benzene rings is 11. The summed E-state index contributed by atoms with van der Waals surface area (Å²) < 4.78 is 12.5. The fourth-order valence-corrected chi connectivity index (χ4v) is 10.3. The Hall–Kier alpha value is -9.18. The van der Waals surface area contributed by atoms with E-state index in [0.29, 0.717) is 0 Å². The Balaban J connectivity index is 0.827. The molecular weight excluding hydrogens is 851 g/mol. The number of nitrogens with zero attached hydrogens (tertiary/aromatic N) is 1. The van der Waals surface area contributed by atoms with Crippen LogP contribution in [0.25, 0.3) is 88.4 Å². The number of para-hydroxylation sites is 2. The lowest BCUT2D eigenvalue weighted by Gasteiger charge is -2.26. The van der Waals surface area contributed by atoms with Crippen LogP contribution in [0, 0.1) is 0 Å². The van der Waals surface area contributed by atoms with Crippen molar-refractivity contribution in [3.05, 3.63) is 284 Å². The molecule has 0 saturated carbocycles. The van der Waals surface area contributed by atoms with Crippen LogP contribution in [0.5, 0.6) is 0 Å². The molecule has 3 heteroatoms. The van der Waals surface area contributed by atoms with Gasteiger partial charge in [-0.2, -0.15) is 0 Å². The summed E-state index contributed by atoms with van der Waals surface area (Å²) in [7, 11) is 0. The molecule has 0 bridgehead atoms. The van der Waals surface area contributed by atoms with Crippen molar-refractivity contribution in [2.24, 2.45) is 0 Å². The first-order valence-corrected chi connectivity index (χ1v) is 23.9. The summed E-state index contributed by atoms with van der Waals surface area (Å²) in [5.74, 6) is 0.0177. The fraction of sp³-hybridized carbons (Fsp3) is 0.0149. The van der Waals surface area contributed by atoms with Gasteiger partial charge in [-0.15, -0.1) is 0 Å². The Morgan fingerprint density at radius 3 is 1.10 bits per heavy atom. The Morgan fingerprint density at radius 1 is 0.229 bits per heavy atom. The van der Waals surface area contributed by atoms with E-state index in [4.69, 9.17) is 8.83 Å². The number of furan rings is 2. The number of rotatable bonds is 10. The maximum absolute atomic E-state index is 6.26. The molecule has 0 aliphatic heterocycles. The number of hydrogen-bond donors (Lipinski definition) is 0. The Kier molecular flexibility index (Phi) is 10.2. The highest BCUT2D eigenvalue weighted by Crippen LogP contribution is 2.42. The summed E-state index contributed by atoms with van der Waals surface area (Å²) >= 11 is 0. The van der Waals surface area contributed by atoms with Crippen LogP contribution >= 0.6 is 0 Å². The number of anilines is 3. The smallest absolute Gasteiger partial charge is 0.135 e. The van der Waals surface area contributed by atoms with E-state index in [9.17, 15) is 0 Å². The van der Waals surface area contributed by atoms with Gasteiger partial charge in [0.05, 0.1) is 0 Å². The molecule has 0 fully saturated rings. The molecule has 0 radical (unpaired) electrons. The van der Waals surface area contributed by atoms with Gasteiger partial charge in [0.15, 0.2) is 0 Å². The summed E-state index contributed by atoms with van der Waals surface area (Å²) in [6, 6.07) is 95.8. The molecule has 1 unspecified atom stereocenters. The van der Waals surface area contributed by atoms with Crippen molar-refractivity contribution in [2.45, 2.75) is 5.92 Å². The first-order valence-electron chi connectivity index (χ1n) is 23.9. The van der Waals surface area contributed by atoms with Crippen molar-refractivity contribution in [1.82, 2.24) is 0 Å². The van der Waals surface area contributed by atoms with Crippen molar-refractivity contribution in [3.8, 4) is 44.5 Å². The molecule has 3 nitrogen and oxygen atoms in total. The standard InChI is InChI=1S/C67H45NO2/c1-3-12-45(13-4-1)47-22-26-51(27-23-47)67(55-34-40-65-61(43-55)59-18-7-9-20-63(59)69-65)52-28-24-49(25-29-52)53-16-11-17-54(42-53)50-32-37-57(38-33-50)68(56-35-30-48(31-36-56)46-14-5-2-6-15-46)58-39-41-66-62(44-58)60-19-8-10-21-64(60)70-66/h1-44,67H. The van der Waals surface area contributed by atoms with E-state index < -0.39 is 0 Å². The highest BCUT2D eigenvalue weighted by molar-refractivity contribution is 6.07. The maximum Gasteiger partial charge on any atom is 0.135 e. The minimum atomic E-state index is 0.0177. The monoisotopic (exact) mass is 895 g/mol. The van der Waals surface area contributed by atoms with Crippen molar-refractivity contribution in [1.29, 1.82) is 0 Å². The summed E-state index contributed by atoms with van der Waals surface area (Å²) in [5, 5.41) is 4.47. The number of hydrogen-bond acceptors (Lipinski definition) is 3. The normalized spacial score (nSPS) is 11.9. The molecule has 0 aliphatic carbocycles. The van der Waals surface area contributed by atoms with Gasteiger partial charge in [-0.1, -0.05) is 194 Å². The first kappa shape index (κ1) is 41.0. The fourth-order valence-electron chi connectivity index (χ4n) is 10.3. The van der Waals surface area contributed by atoms with Crippen LogP contribution in [0.3, 0.4) is 0 Å². The lowest BCUT2D eigenvalue weighted by atomic mass is 9.83. The molecule has 2 aromatic heterocycles. The second-order valence-electron chi connectivity index (χ2n) is 18.1. The van der Waals surface area contributed by atoms with Gasteiger partial charge in [0, 0.05) is 44.5 Å². The van der Waals surface area contributed by atoms with Gasteiger partial charge >= 0.3 is 0 Å². The van der Waals surface area contributed by atoms with Gasteiger partial charge in [-0.05, 0) is 134 Å². The molecule has 70 heavy (non-hydrogen) atoms. The van der Waals surface area contributed by atoms with E-state index in [2.05, 4.69) is 248 Å². The molecule has 2 heterocycles. The molecule has 13 rings (SSSR count). The highest BCUT2D eigenvalue weighted by Gasteiger charge is 2.21. The van der Waals surface area contributed by atoms with E-state index in [0.717, 1.165) is 72.1 Å². The van der Waals surface area contributed by atoms with Crippen molar-refractivity contribution in [3.63, 3.8) is 0 Å². The minimum Gasteiger partial charge on any atom is -0.456 e. The van der Waals surface area contributed by atoms with Crippen LogP contribution in [-0.4, -0.2) is 0 Å². The van der Waals surface area contributed by atoms with Crippen LogP contribution in [0.2, 0.25) is 0 Å². The van der Waals surface area contributed by atoms with E-state index in [1.54, 1.807) is 0 Å². The maximum atomic E-state index is 6.26. The van der Waals surface area contributed by atoms with E-state index in [-0.39, 0.29) is 5.92 Å². The van der Waals surface area contributed by atoms with Crippen molar-refractivity contribution in [2.75, 3.05) is 4.90 Å². The van der Waals surface area contributed by atoms with E-state index in [1.165, 1.54) is 50.1 Å². The van der Waals surface area contributed by atoms with Gasteiger partial charge in [0.25, 0.3) is 0 Å². The summed E-state index contributed by atoms with van der Waals surface area (Å²) in [4.78, 5) is 2.33. The average molecular weight is 896 g/mol. The van der Waals surface area contributed by atoms with Crippen LogP contribution in [0.4, 0.5) is 17.1 Å². The van der Waals surface area contributed by atoms with E-state index >= 15 is 0 Å². The third kappa shape index (κ3) is 7.60. The van der Waals surface area contributed by atoms with E-state index in [1.807, 2.05) is 24.3 Å². The van der Waals surface area contributed by atoms with Gasteiger partial charge in [-0.25, -0.2) is 0 Å². The average Bonchev–Trinajstić information content (AvgIpc) is 4.00. The Bertz CT molecular complexity index is 3700.